The molecule has 0 saturated heterocycles. The van der Waals surface area contributed by atoms with Crippen LogP contribution < -0.4 is 20.5 Å². The molecular weight excluding hydrogens is 483 g/mol. The summed E-state index contributed by atoms with van der Waals surface area (Å²) < 4.78 is 11.4. The summed E-state index contributed by atoms with van der Waals surface area (Å²) in [7, 11) is 0. The second-order valence-corrected chi connectivity index (χ2v) is 9.43. The molecule has 0 heterocycles. The van der Waals surface area contributed by atoms with Gasteiger partial charge in [0.25, 0.3) is 0 Å². The van der Waals surface area contributed by atoms with Crippen LogP contribution in [0.25, 0.3) is 0 Å². The largest absolute Gasteiger partial charge is 0.490 e. The summed E-state index contributed by atoms with van der Waals surface area (Å²) in [6.45, 7) is 7.48. The highest BCUT2D eigenvalue weighted by atomic mass is 35.5. The van der Waals surface area contributed by atoms with E-state index in [-0.39, 0.29) is 18.4 Å². The third-order valence-electron chi connectivity index (χ3n) is 5.97. The van der Waals surface area contributed by atoms with Gasteiger partial charge in [0, 0.05) is 13.1 Å². The third-order valence-corrected chi connectivity index (χ3v) is 6.53. The molecule has 0 fully saturated rings. The van der Waals surface area contributed by atoms with Gasteiger partial charge in [0.2, 0.25) is 5.91 Å². The quantitative estimate of drug-likeness (QED) is 0.316. The van der Waals surface area contributed by atoms with Crippen molar-refractivity contribution in [1.29, 1.82) is 0 Å². The maximum Gasteiger partial charge on any atom is 0.224 e. The predicted octanol–water partition coefficient (Wildman–Crippen LogP) is 5.81. The van der Waals surface area contributed by atoms with Crippen molar-refractivity contribution in [1.82, 2.24) is 5.32 Å². The Hall–Kier alpha value is -2.73. The molecule has 3 aromatic carbocycles. The van der Waals surface area contributed by atoms with Gasteiger partial charge in [0.1, 0.15) is 19.0 Å². The SMILES string of the molecule is Cc1cc(Cl)c(OCCOc2ccc(CC(CN)C(=O)NCc3cccc(C)c3C)cc2)c(Cl)c1. The molecule has 7 heteroatoms. The van der Waals surface area contributed by atoms with Crippen LogP contribution in [0.2, 0.25) is 10.0 Å². The smallest absolute Gasteiger partial charge is 0.224 e. The highest BCUT2D eigenvalue weighted by Crippen LogP contribution is 2.34. The van der Waals surface area contributed by atoms with Gasteiger partial charge in [-0.2, -0.15) is 0 Å². The third kappa shape index (κ3) is 7.63. The van der Waals surface area contributed by atoms with Crippen LogP contribution in [-0.4, -0.2) is 25.7 Å². The van der Waals surface area contributed by atoms with Crippen molar-refractivity contribution in [2.24, 2.45) is 11.7 Å². The minimum atomic E-state index is -0.302. The molecule has 35 heavy (non-hydrogen) atoms. The average Bonchev–Trinajstić information content (AvgIpc) is 2.83. The van der Waals surface area contributed by atoms with Gasteiger partial charge < -0.3 is 20.5 Å². The molecule has 0 aliphatic carbocycles. The Morgan fingerprint density at radius 3 is 2.29 bits per heavy atom. The number of benzene rings is 3. The lowest BCUT2D eigenvalue weighted by molar-refractivity contribution is -0.124. The molecule has 0 bridgehead atoms. The van der Waals surface area contributed by atoms with E-state index in [4.69, 9.17) is 38.4 Å². The number of amides is 1. The predicted molar refractivity (Wildman–Crippen MR) is 143 cm³/mol. The first-order valence-electron chi connectivity index (χ1n) is 11.6. The van der Waals surface area contributed by atoms with Crippen LogP contribution in [-0.2, 0) is 17.8 Å². The number of nitrogens with two attached hydrogens (primary N) is 1. The van der Waals surface area contributed by atoms with E-state index in [1.165, 1.54) is 11.1 Å². The minimum absolute atomic E-state index is 0.0423. The van der Waals surface area contributed by atoms with E-state index in [2.05, 4.69) is 25.2 Å². The van der Waals surface area contributed by atoms with Crippen molar-refractivity contribution >= 4 is 29.1 Å². The number of hydrogen-bond donors (Lipinski definition) is 2. The molecule has 1 unspecified atom stereocenters. The van der Waals surface area contributed by atoms with E-state index in [1.807, 2.05) is 43.3 Å². The van der Waals surface area contributed by atoms with Crippen LogP contribution in [0.1, 0.15) is 27.8 Å². The minimum Gasteiger partial charge on any atom is -0.490 e. The topological polar surface area (TPSA) is 73.6 Å². The van der Waals surface area contributed by atoms with E-state index in [1.54, 1.807) is 12.1 Å². The van der Waals surface area contributed by atoms with Gasteiger partial charge in [-0.05, 0) is 79.3 Å². The second-order valence-electron chi connectivity index (χ2n) is 8.61. The number of aryl methyl sites for hydroxylation is 2. The lowest BCUT2D eigenvalue weighted by Crippen LogP contribution is -2.36. The monoisotopic (exact) mass is 514 g/mol. The van der Waals surface area contributed by atoms with Crippen molar-refractivity contribution in [3.8, 4) is 11.5 Å². The first-order valence-corrected chi connectivity index (χ1v) is 12.4. The number of carbonyl (C=O) groups excluding carboxylic acids is 1. The van der Waals surface area contributed by atoms with Gasteiger partial charge in [0.15, 0.2) is 5.75 Å². The molecule has 0 saturated carbocycles. The van der Waals surface area contributed by atoms with Gasteiger partial charge in [-0.15, -0.1) is 0 Å². The van der Waals surface area contributed by atoms with Gasteiger partial charge in [-0.1, -0.05) is 53.5 Å². The molecule has 0 aliphatic rings. The Morgan fingerprint density at radius 1 is 0.971 bits per heavy atom. The fourth-order valence-corrected chi connectivity index (χ4v) is 4.45. The van der Waals surface area contributed by atoms with Crippen molar-refractivity contribution in [3.63, 3.8) is 0 Å². The Balaban J connectivity index is 1.47. The van der Waals surface area contributed by atoms with Crippen LogP contribution in [0.5, 0.6) is 11.5 Å². The zero-order chi connectivity index (χ0) is 25.4. The summed E-state index contributed by atoms with van der Waals surface area (Å²) in [6.07, 6.45) is 0.558. The van der Waals surface area contributed by atoms with Gasteiger partial charge >= 0.3 is 0 Å². The van der Waals surface area contributed by atoms with Crippen LogP contribution in [0.4, 0.5) is 0 Å². The highest BCUT2D eigenvalue weighted by molar-refractivity contribution is 6.37. The zero-order valence-electron chi connectivity index (χ0n) is 20.4. The summed E-state index contributed by atoms with van der Waals surface area (Å²) in [5.41, 5.74) is 11.4. The molecule has 1 atom stereocenters. The number of ether oxygens (including phenoxy) is 2. The number of hydrogen-bond acceptors (Lipinski definition) is 4. The Bertz CT molecular complexity index is 1130. The molecule has 0 spiro atoms. The van der Waals surface area contributed by atoms with Crippen LogP contribution in [0, 0.1) is 26.7 Å². The second kappa shape index (κ2) is 12.8. The number of carbonyl (C=O) groups is 1. The maximum absolute atomic E-state index is 12.7. The summed E-state index contributed by atoms with van der Waals surface area (Å²) in [6, 6.07) is 17.4. The first-order chi connectivity index (χ1) is 16.8. The summed E-state index contributed by atoms with van der Waals surface area (Å²) in [5.74, 6) is 0.826. The molecule has 0 radical (unpaired) electrons. The van der Waals surface area contributed by atoms with E-state index in [9.17, 15) is 4.79 Å². The lowest BCUT2D eigenvalue weighted by Gasteiger charge is -2.16. The van der Waals surface area contributed by atoms with E-state index < -0.39 is 0 Å². The molecule has 3 aromatic rings. The lowest BCUT2D eigenvalue weighted by atomic mass is 9.98. The summed E-state index contributed by atoms with van der Waals surface area (Å²) in [5, 5.41) is 3.99. The summed E-state index contributed by atoms with van der Waals surface area (Å²) in [4.78, 5) is 12.7. The Labute approximate surface area is 217 Å². The molecular formula is C28H32Cl2N2O3. The molecule has 0 aliphatic heterocycles. The Morgan fingerprint density at radius 2 is 1.63 bits per heavy atom. The van der Waals surface area contributed by atoms with E-state index >= 15 is 0 Å². The molecule has 186 valence electrons. The average molecular weight is 515 g/mol. The van der Waals surface area contributed by atoms with E-state index in [0.717, 1.165) is 16.7 Å². The molecule has 5 nitrogen and oxygen atoms in total. The molecule has 3 N–H and O–H groups in total. The standard InChI is InChI=1S/C28H32Cl2N2O3/c1-18-13-25(29)27(26(30)14-18)35-12-11-34-24-9-7-21(8-10-24)15-23(16-31)28(33)32-17-22-6-4-5-19(2)20(22)3/h4-10,13-14,23H,11-12,15-17,31H2,1-3H3,(H,32,33). The first kappa shape index (κ1) is 26.9. The molecule has 1 amide bonds. The van der Waals surface area contributed by atoms with Crippen LogP contribution in [0.3, 0.4) is 0 Å². The van der Waals surface area contributed by atoms with Crippen LogP contribution >= 0.6 is 23.2 Å². The molecule has 0 aromatic heterocycles. The number of halogens is 2. The Kier molecular flexibility index (Phi) is 9.84. The normalized spacial score (nSPS) is 11.7. The number of nitrogens with one attached hydrogen (secondary N) is 1. The van der Waals surface area contributed by atoms with Gasteiger partial charge in [-0.3, -0.25) is 4.79 Å². The van der Waals surface area contributed by atoms with Crippen molar-refractivity contribution in [2.75, 3.05) is 19.8 Å². The van der Waals surface area contributed by atoms with E-state index in [0.29, 0.717) is 47.7 Å². The number of rotatable bonds is 11. The van der Waals surface area contributed by atoms with Crippen LogP contribution in [0.15, 0.2) is 54.6 Å². The van der Waals surface area contributed by atoms with Crippen molar-refractivity contribution in [2.45, 2.75) is 33.7 Å². The fraction of sp³-hybridized carbons (Fsp3) is 0.321. The molecule has 3 rings (SSSR count). The fourth-order valence-electron chi connectivity index (χ4n) is 3.75. The summed E-state index contributed by atoms with van der Waals surface area (Å²) >= 11 is 12.4. The maximum atomic E-state index is 12.7. The van der Waals surface area contributed by atoms with Crippen molar-refractivity contribution < 1.29 is 14.3 Å². The zero-order valence-corrected chi connectivity index (χ0v) is 21.9. The van der Waals surface area contributed by atoms with Gasteiger partial charge in [-0.25, -0.2) is 0 Å². The highest BCUT2D eigenvalue weighted by Gasteiger charge is 2.17. The van der Waals surface area contributed by atoms with Gasteiger partial charge in [0.05, 0.1) is 16.0 Å². The van der Waals surface area contributed by atoms with Crippen molar-refractivity contribution in [3.05, 3.63) is 92.5 Å².